The van der Waals surface area contributed by atoms with Gasteiger partial charge in [-0.25, -0.2) is 4.98 Å². The monoisotopic (exact) mass is 309 g/mol. The van der Waals surface area contributed by atoms with Crippen LogP contribution in [0.1, 0.15) is 32.0 Å². The number of piperidine rings is 1. The first-order valence-corrected chi connectivity index (χ1v) is 8.01. The van der Waals surface area contributed by atoms with Crippen LogP contribution in [0, 0.1) is 5.41 Å². The molecule has 124 valence electrons. The molecule has 0 aliphatic carbocycles. The number of imidazole rings is 1. The molecule has 22 heavy (non-hydrogen) atoms. The van der Waals surface area contributed by atoms with E-state index in [0.717, 1.165) is 38.1 Å². The van der Waals surface area contributed by atoms with Gasteiger partial charge in [0.25, 0.3) is 0 Å². The van der Waals surface area contributed by atoms with Gasteiger partial charge in [-0.05, 0) is 19.3 Å². The molecule has 0 radical (unpaired) electrons. The summed E-state index contributed by atoms with van der Waals surface area (Å²) in [5.74, 6) is 1.03. The van der Waals surface area contributed by atoms with Crippen LogP contribution in [-0.2, 0) is 22.5 Å². The Balaban J connectivity index is 2.00. The number of hydrogen-bond acceptors (Lipinski definition) is 4. The van der Waals surface area contributed by atoms with Crippen LogP contribution in [0.5, 0.6) is 0 Å². The first kappa shape index (κ1) is 17.0. The number of aromatic nitrogens is 2. The molecule has 1 aliphatic rings. The second-order valence-electron chi connectivity index (χ2n) is 6.14. The molecule has 0 unspecified atom stereocenters. The van der Waals surface area contributed by atoms with E-state index in [9.17, 15) is 9.90 Å². The molecule has 0 bridgehead atoms. The van der Waals surface area contributed by atoms with Crippen molar-refractivity contribution in [1.29, 1.82) is 0 Å². The Kier molecular flexibility index (Phi) is 5.97. The number of methoxy groups -OCH3 is 1. The zero-order valence-corrected chi connectivity index (χ0v) is 13.6. The minimum absolute atomic E-state index is 0.0997. The van der Waals surface area contributed by atoms with Crippen molar-refractivity contribution in [2.45, 2.75) is 39.2 Å². The zero-order valence-electron chi connectivity index (χ0n) is 13.6. The molecule has 0 aromatic carbocycles. The van der Waals surface area contributed by atoms with Gasteiger partial charge < -0.3 is 19.3 Å². The first-order valence-electron chi connectivity index (χ1n) is 8.01. The van der Waals surface area contributed by atoms with Gasteiger partial charge in [0.2, 0.25) is 5.91 Å². The molecular formula is C16H27N3O3. The van der Waals surface area contributed by atoms with E-state index in [0.29, 0.717) is 19.7 Å². The summed E-state index contributed by atoms with van der Waals surface area (Å²) in [4.78, 5) is 18.7. The molecule has 2 rings (SSSR count). The van der Waals surface area contributed by atoms with Crippen LogP contribution in [0.4, 0.5) is 0 Å². The van der Waals surface area contributed by atoms with E-state index < -0.39 is 0 Å². The van der Waals surface area contributed by atoms with Crippen LogP contribution >= 0.6 is 0 Å². The number of rotatable bonds is 7. The summed E-state index contributed by atoms with van der Waals surface area (Å²) < 4.78 is 7.07. The third kappa shape index (κ3) is 3.87. The molecular weight excluding hydrogens is 282 g/mol. The third-order valence-electron chi connectivity index (χ3n) is 4.61. The van der Waals surface area contributed by atoms with Crippen molar-refractivity contribution in [1.82, 2.24) is 14.5 Å². The normalized spacial score (nSPS) is 22.0. The molecule has 0 saturated carbocycles. The number of hydrogen-bond donors (Lipinski definition) is 1. The molecule has 1 aromatic rings. The number of carbonyl (C=O) groups is 1. The predicted molar refractivity (Wildman–Crippen MR) is 83.4 cm³/mol. The molecule has 1 amide bonds. The molecule has 6 heteroatoms. The summed E-state index contributed by atoms with van der Waals surface area (Å²) in [5, 5.41) is 9.80. The number of amides is 1. The highest BCUT2D eigenvalue weighted by Crippen LogP contribution is 2.33. The fourth-order valence-electron chi connectivity index (χ4n) is 3.20. The fourth-order valence-corrected chi connectivity index (χ4v) is 3.20. The summed E-state index contributed by atoms with van der Waals surface area (Å²) in [6, 6.07) is 0. The number of carbonyl (C=O) groups excluding carboxylic acids is 1. The van der Waals surface area contributed by atoms with Gasteiger partial charge in [0.05, 0.1) is 6.61 Å². The summed E-state index contributed by atoms with van der Waals surface area (Å²) in [7, 11) is 1.67. The van der Waals surface area contributed by atoms with Crippen LogP contribution in [-0.4, -0.2) is 58.9 Å². The average Bonchev–Trinajstić information content (AvgIpc) is 3.00. The van der Waals surface area contributed by atoms with Gasteiger partial charge in [0.1, 0.15) is 12.4 Å². The highest BCUT2D eigenvalue weighted by atomic mass is 16.5. The zero-order chi connectivity index (χ0) is 16.0. The Hall–Kier alpha value is -1.40. The van der Waals surface area contributed by atoms with E-state index >= 15 is 0 Å². The summed E-state index contributed by atoms with van der Waals surface area (Å²) in [6.07, 6.45) is 7.07. The van der Waals surface area contributed by atoms with E-state index in [-0.39, 0.29) is 17.9 Å². The molecule has 2 heterocycles. The van der Waals surface area contributed by atoms with E-state index in [4.69, 9.17) is 4.74 Å². The quantitative estimate of drug-likeness (QED) is 0.818. The minimum Gasteiger partial charge on any atom is -0.396 e. The maximum atomic E-state index is 12.6. The molecule has 1 N–H and O–H groups in total. The number of aliphatic hydroxyl groups is 1. The average molecular weight is 309 g/mol. The SMILES string of the molecule is CCc1nccn1CC(=O)N1CCC[C@](CO)(CCOC)C1. The van der Waals surface area contributed by atoms with Crippen molar-refractivity contribution in [2.75, 3.05) is 33.4 Å². The van der Waals surface area contributed by atoms with Crippen LogP contribution in [0.15, 0.2) is 12.4 Å². The maximum absolute atomic E-state index is 12.6. The Morgan fingerprint density at radius 3 is 3.05 bits per heavy atom. The highest BCUT2D eigenvalue weighted by Gasteiger charge is 2.36. The van der Waals surface area contributed by atoms with Crippen molar-refractivity contribution in [3.8, 4) is 0 Å². The van der Waals surface area contributed by atoms with Gasteiger partial charge in [0, 0.05) is 51.0 Å². The number of aliphatic hydroxyl groups excluding tert-OH is 1. The van der Waals surface area contributed by atoms with Crippen LogP contribution in [0.3, 0.4) is 0 Å². The van der Waals surface area contributed by atoms with Gasteiger partial charge in [-0.15, -0.1) is 0 Å². The first-order chi connectivity index (χ1) is 10.6. The van der Waals surface area contributed by atoms with Crippen LogP contribution < -0.4 is 0 Å². The van der Waals surface area contributed by atoms with Gasteiger partial charge in [-0.3, -0.25) is 4.79 Å². The van der Waals surface area contributed by atoms with E-state index in [2.05, 4.69) is 4.98 Å². The van der Waals surface area contributed by atoms with Crippen molar-refractivity contribution in [3.63, 3.8) is 0 Å². The van der Waals surface area contributed by atoms with Crippen molar-refractivity contribution in [2.24, 2.45) is 5.41 Å². The van der Waals surface area contributed by atoms with Crippen molar-refractivity contribution in [3.05, 3.63) is 18.2 Å². The molecule has 1 aromatic heterocycles. The number of ether oxygens (including phenoxy) is 1. The van der Waals surface area contributed by atoms with Crippen molar-refractivity contribution >= 4 is 5.91 Å². The summed E-state index contributed by atoms with van der Waals surface area (Å²) in [6.45, 7) is 4.46. The second-order valence-corrected chi connectivity index (χ2v) is 6.14. The lowest BCUT2D eigenvalue weighted by molar-refractivity contribution is -0.136. The standard InChI is InChI=1S/C16H27N3O3/c1-3-14-17-7-9-18(14)11-15(21)19-8-4-5-16(12-19,13-20)6-10-22-2/h7,9,20H,3-6,8,10-13H2,1-2H3/t16-/m0/s1. The van der Waals surface area contributed by atoms with Crippen LogP contribution in [0.2, 0.25) is 0 Å². The fraction of sp³-hybridized carbons (Fsp3) is 0.750. The molecule has 0 spiro atoms. The van der Waals surface area contributed by atoms with Gasteiger partial charge in [-0.1, -0.05) is 6.92 Å². The summed E-state index contributed by atoms with van der Waals surface area (Å²) >= 11 is 0. The van der Waals surface area contributed by atoms with Crippen LogP contribution in [0.25, 0.3) is 0 Å². The topological polar surface area (TPSA) is 67.6 Å². The Labute approximate surface area is 132 Å². The van der Waals surface area contributed by atoms with E-state index in [1.807, 2.05) is 22.6 Å². The largest absolute Gasteiger partial charge is 0.396 e. The minimum atomic E-state index is -0.216. The maximum Gasteiger partial charge on any atom is 0.242 e. The summed E-state index contributed by atoms with van der Waals surface area (Å²) in [5.41, 5.74) is -0.216. The third-order valence-corrected chi connectivity index (χ3v) is 4.61. The second kappa shape index (κ2) is 7.74. The molecule has 1 saturated heterocycles. The van der Waals surface area contributed by atoms with Gasteiger partial charge >= 0.3 is 0 Å². The lowest BCUT2D eigenvalue weighted by Crippen LogP contribution is -2.49. The molecule has 1 aliphatic heterocycles. The predicted octanol–water partition coefficient (Wildman–Crippen LogP) is 1.08. The van der Waals surface area contributed by atoms with Gasteiger partial charge in [0.15, 0.2) is 0 Å². The van der Waals surface area contributed by atoms with E-state index in [1.165, 1.54) is 0 Å². The number of aryl methyl sites for hydroxylation is 1. The number of nitrogens with zero attached hydrogens (tertiary/aromatic N) is 3. The van der Waals surface area contributed by atoms with E-state index in [1.54, 1.807) is 13.3 Å². The smallest absolute Gasteiger partial charge is 0.242 e. The highest BCUT2D eigenvalue weighted by molar-refractivity contribution is 5.76. The molecule has 1 fully saturated rings. The molecule has 6 nitrogen and oxygen atoms in total. The van der Waals surface area contributed by atoms with Gasteiger partial charge in [-0.2, -0.15) is 0 Å². The lowest BCUT2D eigenvalue weighted by Gasteiger charge is -2.42. The lowest BCUT2D eigenvalue weighted by atomic mass is 9.78. The molecule has 1 atom stereocenters. The Morgan fingerprint density at radius 2 is 2.36 bits per heavy atom. The Bertz CT molecular complexity index is 489. The Morgan fingerprint density at radius 1 is 1.55 bits per heavy atom. The van der Waals surface area contributed by atoms with Crippen molar-refractivity contribution < 1.29 is 14.6 Å². The number of likely N-dealkylation sites (tertiary alicyclic amines) is 1.